The number of nitrogens with one attached hydrogen (secondary N) is 1. The van der Waals surface area contributed by atoms with Gasteiger partial charge < -0.3 is 10.2 Å². The van der Waals surface area contributed by atoms with Crippen LogP contribution in [0.15, 0.2) is 48.5 Å². The van der Waals surface area contributed by atoms with Crippen molar-refractivity contribution in [3.63, 3.8) is 0 Å². The van der Waals surface area contributed by atoms with Crippen LogP contribution in [-0.2, 0) is 13.0 Å². The number of hydrogen-bond donors (Lipinski definition) is 1. The van der Waals surface area contributed by atoms with E-state index in [4.69, 9.17) is 28.2 Å². The van der Waals surface area contributed by atoms with E-state index in [0.29, 0.717) is 21.7 Å². The third-order valence-electron chi connectivity index (χ3n) is 4.49. The normalized spacial score (nSPS) is 13.4. The standard InChI is InChI=1S/C20H18Cl2N4/c1-13-11-18(26-10-9-14-5-2-3-6-15(14)12-26)24-20(23-13)25-19-16(21)7-4-8-17(19)22/h2-8,11H,9-10,12H2,1H3,(H,23,24,25). The first-order valence-corrected chi connectivity index (χ1v) is 9.24. The SMILES string of the molecule is Cc1cc(N2CCc3ccccc3C2)nc(Nc2c(Cl)cccc2Cl)n1. The Morgan fingerprint density at radius 2 is 1.69 bits per heavy atom. The summed E-state index contributed by atoms with van der Waals surface area (Å²) in [5, 5.41) is 4.24. The number of fused-ring (bicyclic) bond motifs is 1. The number of nitrogens with zero attached hydrogens (tertiary/aromatic N) is 3. The molecule has 2 aromatic carbocycles. The second kappa shape index (κ2) is 7.14. The number of rotatable bonds is 3. The Hall–Kier alpha value is -2.30. The molecule has 0 bridgehead atoms. The van der Waals surface area contributed by atoms with Crippen molar-refractivity contribution in [2.75, 3.05) is 16.8 Å². The Labute approximate surface area is 162 Å². The Morgan fingerprint density at radius 1 is 0.962 bits per heavy atom. The van der Waals surface area contributed by atoms with Gasteiger partial charge >= 0.3 is 0 Å². The van der Waals surface area contributed by atoms with Crippen molar-refractivity contribution < 1.29 is 0 Å². The highest BCUT2D eigenvalue weighted by Gasteiger charge is 2.18. The van der Waals surface area contributed by atoms with Gasteiger partial charge in [-0.15, -0.1) is 0 Å². The molecule has 0 spiro atoms. The van der Waals surface area contributed by atoms with E-state index in [9.17, 15) is 0 Å². The predicted molar refractivity (Wildman–Crippen MR) is 108 cm³/mol. The lowest BCUT2D eigenvalue weighted by molar-refractivity contribution is 0.719. The van der Waals surface area contributed by atoms with Crippen LogP contribution >= 0.6 is 23.2 Å². The third kappa shape index (κ3) is 3.48. The second-order valence-corrected chi connectivity index (χ2v) is 7.17. The van der Waals surface area contributed by atoms with Crippen LogP contribution in [0.25, 0.3) is 0 Å². The molecule has 2 heterocycles. The van der Waals surface area contributed by atoms with E-state index in [1.54, 1.807) is 12.1 Å². The molecule has 0 saturated carbocycles. The zero-order valence-corrected chi connectivity index (χ0v) is 15.8. The van der Waals surface area contributed by atoms with Gasteiger partial charge in [-0.1, -0.05) is 53.5 Å². The molecular weight excluding hydrogens is 367 g/mol. The van der Waals surface area contributed by atoms with E-state index in [2.05, 4.69) is 39.5 Å². The first kappa shape index (κ1) is 17.1. The van der Waals surface area contributed by atoms with Gasteiger partial charge in [-0.3, -0.25) is 0 Å². The number of halogens is 2. The first-order valence-electron chi connectivity index (χ1n) is 8.48. The first-order chi connectivity index (χ1) is 12.6. The Bertz CT molecular complexity index is 938. The number of aromatic nitrogens is 2. The van der Waals surface area contributed by atoms with Crippen LogP contribution in [0.3, 0.4) is 0 Å². The molecule has 1 aliphatic rings. The van der Waals surface area contributed by atoms with Gasteiger partial charge in [-0.05, 0) is 36.6 Å². The average molecular weight is 385 g/mol. The Balaban J connectivity index is 1.63. The van der Waals surface area contributed by atoms with Crippen LogP contribution in [0.2, 0.25) is 10.0 Å². The average Bonchev–Trinajstić information content (AvgIpc) is 2.64. The molecule has 3 aromatic rings. The number of hydrogen-bond acceptors (Lipinski definition) is 4. The molecule has 0 radical (unpaired) electrons. The molecule has 4 rings (SSSR count). The van der Waals surface area contributed by atoms with Crippen LogP contribution in [0, 0.1) is 6.92 Å². The summed E-state index contributed by atoms with van der Waals surface area (Å²) >= 11 is 12.5. The molecule has 132 valence electrons. The van der Waals surface area contributed by atoms with Gasteiger partial charge in [0.05, 0.1) is 15.7 Å². The summed E-state index contributed by atoms with van der Waals surface area (Å²) in [6.45, 7) is 3.74. The van der Waals surface area contributed by atoms with Crippen LogP contribution in [0.5, 0.6) is 0 Å². The van der Waals surface area contributed by atoms with Crippen LogP contribution in [0.4, 0.5) is 17.5 Å². The highest BCUT2D eigenvalue weighted by molar-refractivity contribution is 6.39. The summed E-state index contributed by atoms with van der Waals surface area (Å²) in [6, 6.07) is 15.9. The van der Waals surface area contributed by atoms with Crippen LogP contribution in [0.1, 0.15) is 16.8 Å². The quantitative estimate of drug-likeness (QED) is 0.656. The maximum Gasteiger partial charge on any atom is 0.229 e. The third-order valence-corrected chi connectivity index (χ3v) is 5.12. The molecule has 0 amide bonds. The Morgan fingerprint density at radius 3 is 2.46 bits per heavy atom. The lowest BCUT2D eigenvalue weighted by Crippen LogP contribution is -2.31. The van der Waals surface area contributed by atoms with E-state index in [-0.39, 0.29) is 0 Å². The lowest BCUT2D eigenvalue weighted by Gasteiger charge is -2.30. The zero-order valence-electron chi connectivity index (χ0n) is 14.3. The minimum atomic E-state index is 0.494. The van der Waals surface area contributed by atoms with Gasteiger partial charge in [-0.2, -0.15) is 4.98 Å². The van der Waals surface area contributed by atoms with Gasteiger partial charge in [0.15, 0.2) is 0 Å². The van der Waals surface area contributed by atoms with E-state index >= 15 is 0 Å². The highest BCUT2D eigenvalue weighted by Crippen LogP contribution is 2.32. The van der Waals surface area contributed by atoms with Gasteiger partial charge in [0.25, 0.3) is 0 Å². The molecule has 0 aliphatic carbocycles. The monoisotopic (exact) mass is 384 g/mol. The molecule has 0 fully saturated rings. The lowest BCUT2D eigenvalue weighted by atomic mass is 10.00. The maximum atomic E-state index is 6.25. The number of para-hydroxylation sites is 1. The molecule has 1 aromatic heterocycles. The molecule has 0 saturated heterocycles. The number of benzene rings is 2. The van der Waals surface area contributed by atoms with Gasteiger partial charge in [-0.25, -0.2) is 4.98 Å². The summed E-state index contributed by atoms with van der Waals surface area (Å²) in [7, 11) is 0. The van der Waals surface area contributed by atoms with Gasteiger partial charge in [0, 0.05) is 24.8 Å². The van der Waals surface area contributed by atoms with Crippen molar-refractivity contribution in [1.29, 1.82) is 0 Å². The van der Waals surface area contributed by atoms with Crippen molar-refractivity contribution in [3.8, 4) is 0 Å². The molecule has 4 nitrogen and oxygen atoms in total. The predicted octanol–water partition coefficient (Wildman–Crippen LogP) is 5.40. The molecule has 0 atom stereocenters. The molecule has 26 heavy (non-hydrogen) atoms. The Kier molecular flexibility index (Phi) is 4.70. The summed E-state index contributed by atoms with van der Waals surface area (Å²) < 4.78 is 0. The van der Waals surface area contributed by atoms with E-state index in [1.165, 1.54) is 11.1 Å². The summed E-state index contributed by atoms with van der Waals surface area (Å²) in [4.78, 5) is 11.5. The van der Waals surface area contributed by atoms with Gasteiger partial charge in [0.2, 0.25) is 5.95 Å². The summed E-state index contributed by atoms with van der Waals surface area (Å²) in [5.41, 5.74) is 4.27. The van der Waals surface area contributed by atoms with Crippen LogP contribution in [-0.4, -0.2) is 16.5 Å². The molecular formula is C20H18Cl2N4. The van der Waals surface area contributed by atoms with Gasteiger partial charge in [0.1, 0.15) is 5.82 Å². The molecule has 0 unspecified atom stereocenters. The summed E-state index contributed by atoms with van der Waals surface area (Å²) in [6.07, 6.45) is 1.01. The zero-order chi connectivity index (χ0) is 18.1. The van der Waals surface area contributed by atoms with E-state index in [1.807, 2.05) is 19.1 Å². The fourth-order valence-corrected chi connectivity index (χ4v) is 3.68. The molecule has 6 heteroatoms. The second-order valence-electron chi connectivity index (χ2n) is 6.35. The maximum absolute atomic E-state index is 6.25. The van der Waals surface area contributed by atoms with Crippen molar-refractivity contribution >= 4 is 40.7 Å². The highest BCUT2D eigenvalue weighted by atomic mass is 35.5. The fraction of sp³-hybridized carbons (Fsp3) is 0.200. The van der Waals surface area contributed by atoms with Crippen molar-refractivity contribution in [3.05, 3.63) is 75.4 Å². The van der Waals surface area contributed by atoms with Crippen LogP contribution < -0.4 is 10.2 Å². The summed E-state index contributed by atoms with van der Waals surface area (Å²) in [5.74, 6) is 1.39. The number of aryl methyl sites for hydroxylation is 1. The van der Waals surface area contributed by atoms with Crippen molar-refractivity contribution in [1.82, 2.24) is 9.97 Å². The van der Waals surface area contributed by atoms with E-state index < -0.39 is 0 Å². The largest absolute Gasteiger partial charge is 0.352 e. The number of anilines is 3. The molecule has 1 aliphatic heterocycles. The molecule has 1 N–H and O–H groups in total. The van der Waals surface area contributed by atoms with E-state index in [0.717, 1.165) is 31.0 Å². The van der Waals surface area contributed by atoms with Crippen molar-refractivity contribution in [2.45, 2.75) is 19.9 Å². The van der Waals surface area contributed by atoms with Crippen molar-refractivity contribution in [2.24, 2.45) is 0 Å². The minimum Gasteiger partial charge on any atom is -0.352 e. The minimum absolute atomic E-state index is 0.494. The topological polar surface area (TPSA) is 41.1 Å². The smallest absolute Gasteiger partial charge is 0.229 e. The fourth-order valence-electron chi connectivity index (χ4n) is 3.19.